The zero-order valence-electron chi connectivity index (χ0n) is 14.5. The fraction of sp³-hybridized carbons (Fsp3) is 0.421. The third-order valence-corrected chi connectivity index (χ3v) is 4.38. The fourth-order valence-corrected chi connectivity index (χ4v) is 3.26. The number of hydrogen-bond donors (Lipinski definition) is 3. The number of nitrogens with one attached hydrogen (secondary N) is 1. The average Bonchev–Trinajstić information content (AvgIpc) is 2.56. The number of likely N-dealkylation sites (tertiary alicyclic amines) is 1. The molecule has 6 heteroatoms. The van der Waals surface area contributed by atoms with E-state index in [-0.39, 0.29) is 29.1 Å². The zero-order valence-corrected chi connectivity index (χ0v) is 16.2. The summed E-state index contributed by atoms with van der Waals surface area (Å²) in [6.45, 7) is 4.41. The molecule has 0 bridgehead atoms. The van der Waals surface area contributed by atoms with Gasteiger partial charge in [-0.25, -0.2) is 0 Å². The van der Waals surface area contributed by atoms with Gasteiger partial charge in [0.25, 0.3) is 0 Å². The van der Waals surface area contributed by atoms with Crippen molar-refractivity contribution in [2.24, 2.45) is 11.5 Å². The molecule has 0 amide bonds. The maximum Gasteiger partial charge on any atom is 0.0541 e. The van der Waals surface area contributed by atoms with Gasteiger partial charge in [-0.1, -0.05) is 30.3 Å². The minimum absolute atomic E-state index is 0. The number of benzene rings is 1. The van der Waals surface area contributed by atoms with Gasteiger partial charge in [0, 0.05) is 51.0 Å². The second-order valence-electron chi connectivity index (χ2n) is 6.69. The second kappa shape index (κ2) is 9.99. The lowest BCUT2D eigenvalue weighted by Crippen LogP contribution is -2.51. The highest BCUT2D eigenvalue weighted by atomic mass is 79.9. The van der Waals surface area contributed by atoms with Gasteiger partial charge >= 0.3 is 0 Å². The van der Waals surface area contributed by atoms with Crippen molar-refractivity contribution in [2.45, 2.75) is 38.1 Å². The number of rotatable bonds is 6. The summed E-state index contributed by atoms with van der Waals surface area (Å²) in [5, 5.41) is 3.42. The summed E-state index contributed by atoms with van der Waals surface area (Å²) in [6.07, 6.45) is 2.75. The second-order valence-corrected chi connectivity index (χ2v) is 6.69. The van der Waals surface area contributed by atoms with E-state index >= 15 is 0 Å². The summed E-state index contributed by atoms with van der Waals surface area (Å²) >= 11 is 0. The molecule has 1 fully saturated rings. The Balaban J connectivity index is 0.00000225. The fourth-order valence-electron chi connectivity index (χ4n) is 3.26. The Labute approximate surface area is 160 Å². The minimum Gasteiger partial charge on any atom is -0.326 e. The number of hydrogen-bond acceptors (Lipinski definition) is 5. The smallest absolute Gasteiger partial charge is 0.0541 e. The standard InChI is InChI=1S/C19H27N5.BrH/c20-17-9-18(21)14-24(13-17)12-16-6-4-15(5-7-16)10-22-11-19-3-1-2-8-23-19;/h1-8,17-18,22H,9-14,20-21H2;1H/t17-,18-;/m0./s1. The van der Waals surface area contributed by atoms with Crippen LogP contribution in [0.15, 0.2) is 48.7 Å². The zero-order chi connectivity index (χ0) is 16.8. The van der Waals surface area contributed by atoms with Crippen molar-refractivity contribution in [1.29, 1.82) is 0 Å². The SMILES string of the molecule is Br.N[C@H]1C[C@H](N)CN(Cc2ccc(CNCc3ccccn3)cc2)C1. The molecule has 0 saturated carbocycles. The Hall–Kier alpha value is -1.31. The van der Waals surface area contributed by atoms with E-state index in [0.29, 0.717) is 0 Å². The normalized spacial score (nSPS) is 20.9. The van der Waals surface area contributed by atoms with Crippen LogP contribution in [0.3, 0.4) is 0 Å². The summed E-state index contributed by atoms with van der Waals surface area (Å²) in [6, 6.07) is 15.1. The lowest BCUT2D eigenvalue weighted by Gasteiger charge is -2.34. The van der Waals surface area contributed by atoms with E-state index in [1.54, 1.807) is 0 Å². The molecule has 2 aromatic rings. The van der Waals surface area contributed by atoms with Crippen LogP contribution in [0.1, 0.15) is 23.2 Å². The molecule has 1 aliphatic rings. The summed E-state index contributed by atoms with van der Waals surface area (Å²) in [5.41, 5.74) is 15.8. The highest BCUT2D eigenvalue weighted by Gasteiger charge is 2.22. The number of aromatic nitrogens is 1. The summed E-state index contributed by atoms with van der Waals surface area (Å²) in [7, 11) is 0. The molecule has 0 aliphatic carbocycles. The number of pyridine rings is 1. The molecule has 0 unspecified atom stereocenters. The van der Waals surface area contributed by atoms with E-state index in [0.717, 1.165) is 44.8 Å². The molecule has 136 valence electrons. The van der Waals surface area contributed by atoms with Crippen molar-refractivity contribution in [2.75, 3.05) is 13.1 Å². The Bertz CT molecular complexity index is 609. The van der Waals surface area contributed by atoms with E-state index in [1.165, 1.54) is 11.1 Å². The van der Waals surface area contributed by atoms with Crippen LogP contribution < -0.4 is 16.8 Å². The van der Waals surface area contributed by atoms with Gasteiger partial charge in [0.15, 0.2) is 0 Å². The number of nitrogens with two attached hydrogens (primary N) is 2. The van der Waals surface area contributed by atoms with Gasteiger partial charge in [0.1, 0.15) is 0 Å². The molecule has 1 aromatic carbocycles. The number of halogens is 1. The van der Waals surface area contributed by atoms with Crippen LogP contribution in [0, 0.1) is 0 Å². The van der Waals surface area contributed by atoms with Crippen molar-refractivity contribution in [3.05, 3.63) is 65.5 Å². The van der Waals surface area contributed by atoms with Crippen LogP contribution in [0.25, 0.3) is 0 Å². The maximum atomic E-state index is 6.06. The molecule has 5 N–H and O–H groups in total. The molecule has 1 aromatic heterocycles. The van der Waals surface area contributed by atoms with Crippen molar-refractivity contribution >= 4 is 17.0 Å². The van der Waals surface area contributed by atoms with E-state index in [4.69, 9.17) is 11.5 Å². The van der Waals surface area contributed by atoms with Gasteiger partial charge in [0.05, 0.1) is 5.69 Å². The summed E-state index contributed by atoms with van der Waals surface area (Å²) < 4.78 is 0. The van der Waals surface area contributed by atoms with Gasteiger partial charge in [-0.15, -0.1) is 17.0 Å². The van der Waals surface area contributed by atoms with E-state index < -0.39 is 0 Å². The van der Waals surface area contributed by atoms with Gasteiger partial charge in [-0.2, -0.15) is 0 Å². The summed E-state index contributed by atoms with van der Waals surface area (Å²) in [4.78, 5) is 6.67. The van der Waals surface area contributed by atoms with Crippen LogP contribution >= 0.6 is 17.0 Å². The number of nitrogens with zero attached hydrogens (tertiary/aromatic N) is 2. The molecule has 1 aliphatic heterocycles. The molecule has 0 radical (unpaired) electrons. The molecule has 0 spiro atoms. The maximum absolute atomic E-state index is 6.06. The molecular weight excluding hydrogens is 378 g/mol. The monoisotopic (exact) mass is 405 g/mol. The lowest BCUT2D eigenvalue weighted by atomic mass is 10.0. The lowest BCUT2D eigenvalue weighted by molar-refractivity contribution is 0.183. The molecule has 2 atom stereocenters. The number of piperidine rings is 1. The third-order valence-electron chi connectivity index (χ3n) is 4.38. The van der Waals surface area contributed by atoms with Crippen molar-refractivity contribution in [3.63, 3.8) is 0 Å². The van der Waals surface area contributed by atoms with E-state index in [2.05, 4.69) is 39.5 Å². The highest BCUT2D eigenvalue weighted by Crippen LogP contribution is 2.13. The first-order valence-electron chi connectivity index (χ1n) is 8.61. The Morgan fingerprint density at radius 3 is 2.28 bits per heavy atom. The topological polar surface area (TPSA) is 80.2 Å². The van der Waals surface area contributed by atoms with Crippen molar-refractivity contribution < 1.29 is 0 Å². The predicted octanol–water partition coefficient (Wildman–Crippen LogP) is 1.81. The summed E-state index contributed by atoms with van der Waals surface area (Å²) in [5.74, 6) is 0. The molecular formula is C19H28BrN5. The quantitative estimate of drug-likeness (QED) is 0.682. The Morgan fingerprint density at radius 1 is 0.960 bits per heavy atom. The van der Waals surface area contributed by atoms with Crippen LogP contribution in [0.2, 0.25) is 0 Å². The first-order chi connectivity index (χ1) is 11.7. The Morgan fingerprint density at radius 2 is 1.64 bits per heavy atom. The molecule has 1 saturated heterocycles. The van der Waals surface area contributed by atoms with Gasteiger partial charge < -0.3 is 16.8 Å². The average molecular weight is 406 g/mol. The van der Waals surface area contributed by atoms with Gasteiger partial charge in [0.2, 0.25) is 0 Å². The van der Waals surface area contributed by atoms with Crippen molar-refractivity contribution in [3.8, 4) is 0 Å². The van der Waals surface area contributed by atoms with Crippen LogP contribution in [-0.2, 0) is 19.6 Å². The van der Waals surface area contributed by atoms with E-state index in [1.807, 2.05) is 24.4 Å². The first-order valence-corrected chi connectivity index (χ1v) is 8.61. The van der Waals surface area contributed by atoms with Crippen LogP contribution in [0.5, 0.6) is 0 Å². The first kappa shape index (κ1) is 20.0. The highest BCUT2D eigenvalue weighted by molar-refractivity contribution is 8.93. The van der Waals surface area contributed by atoms with E-state index in [9.17, 15) is 0 Å². The molecule has 5 nitrogen and oxygen atoms in total. The predicted molar refractivity (Wildman–Crippen MR) is 107 cm³/mol. The molecule has 3 rings (SSSR count). The van der Waals surface area contributed by atoms with Crippen LogP contribution in [0.4, 0.5) is 0 Å². The molecule has 25 heavy (non-hydrogen) atoms. The minimum atomic E-state index is 0. The van der Waals surface area contributed by atoms with Gasteiger partial charge in [-0.3, -0.25) is 9.88 Å². The third kappa shape index (κ3) is 6.49. The van der Waals surface area contributed by atoms with Crippen LogP contribution in [-0.4, -0.2) is 35.1 Å². The Kier molecular flexibility index (Phi) is 7.99. The largest absolute Gasteiger partial charge is 0.326 e. The van der Waals surface area contributed by atoms with Gasteiger partial charge in [-0.05, 0) is 29.7 Å². The van der Waals surface area contributed by atoms with Crippen molar-refractivity contribution in [1.82, 2.24) is 15.2 Å². The molecule has 2 heterocycles.